The topological polar surface area (TPSA) is 79.8 Å². The second kappa shape index (κ2) is 12.6. The van der Waals surface area contributed by atoms with Crippen molar-refractivity contribution < 1.29 is 10.2 Å². The van der Waals surface area contributed by atoms with Crippen molar-refractivity contribution in [1.82, 2.24) is 20.9 Å². The molecule has 0 spiro atoms. The number of nitrogens with one attached hydrogen (secondary N) is 3. The smallest absolute Gasteiger partial charge is 0.115 e. The number of phenolic OH excluding ortho intramolecular Hbond substituents is 2. The van der Waals surface area contributed by atoms with Crippen LogP contribution >= 0.6 is 0 Å². The number of phenols is 2. The fourth-order valence-corrected chi connectivity index (χ4v) is 5.89. The lowest BCUT2D eigenvalue weighted by Gasteiger charge is -2.35. The van der Waals surface area contributed by atoms with Crippen LogP contribution in [0.5, 0.6) is 11.5 Å². The number of rotatable bonds is 3. The van der Waals surface area contributed by atoms with Crippen molar-refractivity contribution in [3.8, 4) is 22.6 Å². The van der Waals surface area contributed by atoms with Crippen molar-refractivity contribution in [2.24, 2.45) is 0 Å². The summed E-state index contributed by atoms with van der Waals surface area (Å²) in [5, 5.41) is 28.6. The fourth-order valence-electron chi connectivity index (χ4n) is 5.89. The lowest BCUT2D eigenvalue weighted by molar-refractivity contribution is 0.145. The number of piperazine rings is 2. The Hall–Kier alpha value is -2.90. The van der Waals surface area contributed by atoms with Crippen LogP contribution in [0, 0.1) is 0 Å². The van der Waals surface area contributed by atoms with Gasteiger partial charge in [0.1, 0.15) is 11.5 Å². The predicted octanol–water partition coefficient (Wildman–Crippen LogP) is 4.10. The van der Waals surface area contributed by atoms with Gasteiger partial charge in [0.15, 0.2) is 0 Å². The third-order valence-electron chi connectivity index (χ3n) is 7.92. The molecule has 4 bridgehead atoms. The van der Waals surface area contributed by atoms with Gasteiger partial charge in [-0.25, -0.2) is 0 Å². The van der Waals surface area contributed by atoms with E-state index in [1.807, 2.05) is 24.3 Å². The van der Waals surface area contributed by atoms with Crippen LogP contribution in [-0.4, -0.2) is 65.5 Å². The molecule has 0 saturated carbocycles. The SMILES string of the molecule is C1CC2CNCC1N2.Oc1ccc(-c2ccc(O)cc2)cc1.c1ccc(CN2C3CCC2CNC3)cc1. The van der Waals surface area contributed by atoms with E-state index in [1.165, 1.54) is 57.4 Å². The Balaban J connectivity index is 0.000000119. The first-order chi connectivity index (χ1) is 18.1. The highest BCUT2D eigenvalue weighted by Crippen LogP contribution is 2.28. The molecule has 0 radical (unpaired) electrons. The molecule has 4 fully saturated rings. The van der Waals surface area contributed by atoms with Crippen molar-refractivity contribution in [3.63, 3.8) is 0 Å². The molecule has 6 nitrogen and oxygen atoms in total. The minimum atomic E-state index is 0.257. The summed E-state index contributed by atoms with van der Waals surface area (Å²) < 4.78 is 0. The van der Waals surface area contributed by atoms with Gasteiger partial charge < -0.3 is 26.2 Å². The average Bonchev–Trinajstić information content (AvgIpc) is 3.36. The van der Waals surface area contributed by atoms with Gasteiger partial charge in [-0.2, -0.15) is 0 Å². The Morgan fingerprint density at radius 2 is 1.08 bits per heavy atom. The molecule has 3 aromatic rings. The largest absolute Gasteiger partial charge is 0.508 e. The first-order valence-corrected chi connectivity index (χ1v) is 13.7. The first-order valence-electron chi connectivity index (χ1n) is 13.7. The van der Waals surface area contributed by atoms with Gasteiger partial charge in [-0.15, -0.1) is 0 Å². The third-order valence-corrected chi connectivity index (χ3v) is 7.92. The van der Waals surface area contributed by atoms with Gasteiger partial charge in [0.2, 0.25) is 0 Å². The van der Waals surface area contributed by atoms with E-state index >= 15 is 0 Å². The molecule has 196 valence electrons. The summed E-state index contributed by atoms with van der Waals surface area (Å²) in [6.07, 6.45) is 5.53. The highest BCUT2D eigenvalue weighted by atomic mass is 16.3. The zero-order valence-corrected chi connectivity index (χ0v) is 21.5. The molecule has 4 atom stereocenters. The zero-order chi connectivity index (χ0) is 25.5. The van der Waals surface area contributed by atoms with E-state index in [0.29, 0.717) is 0 Å². The van der Waals surface area contributed by atoms with E-state index in [0.717, 1.165) is 41.8 Å². The van der Waals surface area contributed by atoms with E-state index in [4.69, 9.17) is 10.2 Å². The van der Waals surface area contributed by atoms with Gasteiger partial charge >= 0.3 is 0 Å². The van der Waals surface area contributed by atoms with Gasteiger partial charge in [0, 0.05) is 56.9 Å². The number of aromatic hydroxyl groups is 2. The molecule has 3 aromatic carbocycles. The van der Waals surface area contributed by atoms with Crippen molar-refractivity contribution in [3.05, 3.63) is 84.4 Å². The maximum atomic E-state index is 9.11. The molecule has 6 heteroatoms. The van der Waals surface area contributed by atoms with Gasteiger partial charge in [-0.05, 0) is 66.6 Å². The van der Waals surface area contributed by atoms with E-state index < -0.39 is 0 Å². The molecule has 7 rings (SSSR count). The maximum Gasteiger partial charge on any atom is 0.115 e. The summed E-state index contributed by atoms with van der Waals surface area (Å²) in [5.74, 6) is 0.514. The Morgan fingerprint density at radius 1 is 0.595 bits per heavy atom. The number of benzene rings is 3. The summed E-state index contributed by atoms with van der Waals surface area (Å²) in [5.41, 5.74) is 3.49. The number of hydrogen-bond donors (Lipinski definition) is 5. The summed E-state index contributed by atoms with van der Waals surface area (Å²) in [6.45, 7) is 5.89. The van der Waals surface area contributed by atoms with Crippen LogP contribution in [0.15, 0.2) is 78.9 Å². The Labute approximate surface area is 220 Å². The average molecular weight is 501 g/mol. The van der Waals surface area contributed by atoms with Crippen LogP contribution in [0.25, 0.3) is 11.1 Å². The zero-order valence-electron chi connectivity index (χ0n) is 21.5. The van der Waals surface area contributed by atoms with Gasteiger partial charge in [0.25, 0.3) is 0 Å². The minimum Gasteiger partial charge on any atom is -0.508 e. The molecule has 0 aliphatic carbocycles. The fraction of sp³-hybridized carbons (Fsp3) is 0.419. The van der Waals surface area contributed by atoms with Gasteiger partial charge in [-0.3, -0.25) is 4.90 Å². The maximum absolute atomic E-state index is 9.11. The predicted molar refractivity (Wildman–Crippen MR) is 150 cm³/mol. The van der Waals surface area contributed by atoms with E-state index in [-0.39, 0.29) is 11.5 Å². The Morgan fingerprint density at radius 3 is 1.57 bits per heavy atom. The van der Waals surface area contributed by atoms with Crippen molar-refractivity contribution in [2.45, 2.75) is 56.4 Å². The molecule has 37 heavy (non-hydrogen) atoms. The summed E-state index contributed by atoms with van der Waals surface area (Å²) in [4.78, 5) is 2.69. The first kappa shape index (κ1) is 25.7. The summed E-state index contributed by atoms with van der Waals surface area (Å²) in [6, 6.07) is 27.9. The highest BCUT2D eigenvalue weighted by Gasteiger charge is 2.35. The van der Waals surface area contributed by atoms with E-state index in [2.05, 4.69) is 51.2 Å². The number of hydrogen-bond acceptors (Lipinski definition) is 6. The van der Waals surface area contributed by atoms with Crippen LogP contribution in [0.1, 0.15) is 31.2 Å². The van der Waals surface area contributed by atoms with Crippen LogP contribution in [-0.2, 0) is 6.54 Å². The van der Waals surface area contributed by atoms with Crippen molar-refractivity contribution in [2.75, 3.05) is 26.2 Å². The van der Waals surface area contributed by atoms with Crippen LogP contribution < -0.4 is 16.0 Å². The molecule has 0 aromatic heterocycles. The molecular formula is C31H40N4O2. The van der Waals surface area contributed by atoms with Crippen LogP contribution in [0.2, 0.25) is 0 Å². The lowest BCUT2D eigenvalue weighted by Crippen LogP contribution is -2.51. The highest BCUT2D eigenvalue weighted by molar-refractivity contribution is 5.64. The van der Waals surface area contributed by atoms with Crippen molar-refractivity contribution in [1.29, 1.82) is 0 Å². The second-order valence-corrected chi connectivity index (χ2v) is 10.6. The Kier molecular flexibility index (Phi) is 8.74. The lowest BCUT2D eigenvalue weighted by atomic mass is 10.1. The number of fused-ring (bicyclic) bond motifs is 4. The summed E-state index contributed by atoms with van der Waals surface area (Å²) >= 11 is 0. The molecule has 4 aliphatic heterocycles. The van der Waals surface area contributed by atoms with Crippen LogP contribution in [0.4, 0.5) is 0 Å². The normalized spacial score (nSPS) is 25.9. The molecule has 5 N–H and O–H groups in total. The molecule has 4 aliphatic rings. The van der Waals surface area contributed by atoms with Gasteiger partial charge in [0.05, 0.1) is 0 Å². The summed E-state index contributed by atoms with van der Waals surface area (Å²) in [7, 11) is 0. The molecule has 4 heterocycles. The monoisotopic (exact) mass is 500 g/mol. The minimum absolute atomic E-state index is 0.257. The standard InChI is InChI=1S/C13H18N2.C12H10O2.C6H12N2/c1-2-4-11(5-3-1)10-15-12-6-7-13(15)9-14-8-12;13-11-5-1-9(2-6-11)10-3-7-12(14)8-4-10;1-2-6-4-7-3-5(1)8-6/h1-5,12-14H,6-10H2;1-8,13-14H;5-8H,1-4H2. The Bertz CT molecular complexity index is 1020. The molecule has 4 saturated heterocycles. The van der Waals surface area contributed by atoms with E-state index in [9.17, 15) is 0 Å². The van der Waals surface area contributed by atoms with Crippen LogP contribution in [0.3, 0.4) is 0 Å². The molecule has 4 unspecified atom stereocenters. The molecule has 0 amide bonds. The van der Waals surface area contributed by atoms with Crippen molar-refractivity contribution >= 4 is 0 Å². The van der Waals surface area contributed by atoms with E-state index in [1.54, 1.807) is 24.3 Å². The second-order valence-electron chi connectivity index (χ2n) is 10.6. The van der Waals surface area contributed by atoms with Gasteiger partial charge in [-0.1, -0.05) is 54.6 Å². The quantitative estimate of drug-likeness (QED) is 0.373. The number of nitrogens with zero attached hydrogens (tertiary/aromatic N) is 1. The molecular weight excluding hydrogens is 460 g/mol. The third kappa shape index (κ3) is 7.11.